The minimum absolute atomic E-state index is 0.150. The van der Waals surface area contributed by atoms with E-state index in [0.29, 0.717) is 22.3 Å². The lowest BCUT2D eigenvalue weighted by Crippen LogP contribution is -2.48. The van der Waals surface area contributed by atoms with E-state index in [-0.39, 0.29) is 12.1 Å². The maximum Gasteiger partial charge on any atom is 0.138 e. The van der Waals surface area contributed by atoms with Crippen LogP contribution in [0.5, 0.6) is 5.75 Å². The van der Waals surface area contributed by atoms with Gasteiger partial charge in [-0.1, -0.05) is 42.5 Å². The Kier molecular flexibility index (Phi) is 6.18. The Morgan fingerprint density at radius 1 is 1.29 bits per heavy atom. The number of aliphatic hydroxyl groups excluding tert-OH is 1. The molecule has 0 spiro atoms. The minimum atomic E-state index is -0.560. The van der Waals surface area contributed by atoms with Gasteiger partial charge in [0.25, 0.3) is 0 Å². The molecule has 1 atom stereocenters. The van der Waals surface area contributed by atoms with E-state index in [1.54, 1.807) is 18.2 Å². The second-order valence-corrected chi connectivity index (χ2v) is 6.89. The summed E-state index contributed by atoms with van der Waals surface area (Å²) in [6.07, 6.45) is 5.62. The van der Waals surface area contributed by atoms with Crippen LogP contribution in [0.15, 0.2) is 18.2 Å². The number of β-amino-alcohol motifs (C(OH)–C–C–N with tert-alkyl or cyclic N) is 1. The summed E-state index contributed by atoms with van der Waals surface area (Å²) in [5.41, 5.74) is 0.150. The third-order valence-electron chi connectivity index (χ3n) is 4.05. The SMILES string of the molecule is CC1(NCC(O)COc2ccc(Cl)cc2Cl)CCCCC1. The third kappa shape index (κ3) is 5.33. The average molecular weight is 332 g/mol. The van der Waals surface area contributed by atoms with Gasteiger partial charge in [0.2, 0.25) is 0 Å². The summed E-state index contributed by atoms with van der Waals surface area (Å²) in [5, 5.41) is 14.5. The number of ether oxygens (including phenoxy) is 1. The van der Waals surface area contributed by atoms with Crippen LogP contribution in [0.25, 0.3) is 0 Å². The van der Waals surface area contributed by atoms with Crippen molar-refractivity contribution < 1.29 is 9.84 Å². The Labute approximate surface area is 136 Å². The molecule has 2 N–H and O–H groups in total. The van der Waals surface area contributed by atoms with Crippen molar-refractivity contribution in [3.8, 4) is 5.75 Å². The molecule has 2 rings (SSSR count). The van der Waals surface area contributed by atoms with Crippen molar-refractivity contribution in [2.24, 2.45) is 0 Å². The Balaban J connectivity index is 1.75. The maximum atomic E-state index is 10.0. The molecule has 0 heterocycles. The zero-order chi connectivity index (χ0) is 15.3. The summed E-state index contributed by atoms with van der Waals surface area (Å²) in [5.74, 6) is 0.545. The van der Waals surface area contributed by atoms with Gasteiger partial charge in [-0.15, -0.1) is 0 Å². The van der Waals surface area contributed by atoms with Crippen LogP contribution >= 0.6 is 23.2 Å². The second-order valence-electron chi connectivity index (χ2n) is 6.04. The van der Waals surface area contributed by atoms with Gasteiger partial charge in [-0.2, -0.15) is 0 Å². The van der Waals surface area contributed by atoms with Gasteiger partial charge >= 0.3 is 0 Å². The fraction of sp³-hybridized carbons (Fsp3) is 0.625. The van der Waals surface area contributed by atoms with Crippen LogP contribution in [0, 0.1) is 0 Å². The fourth-order valence-electron chi connectivity index (χ4n) is 2.71. The lowest BCUT2D eigenvalue weighted by atomic mass is 9.83. The van der Waals surface area contributed by atoms with Crippen LogP contribution in [0.1, 0.15) is 39.0 Å². The van der Waals surface area contributed by atoms with Crippen LogP contribution in [-0.2, 0) is 0 Å². The Bertz CT molecular complexity index is 462. The molecule has 1 aliphatic rings. The van der Waals surface area contributed by atoms with Crippen LogP contribution in [0.2, 0.25) is 10.0 Å². The molecule has 1 saturated carbocycles. The van der Waals surface area contributed by atoms with Crippen molar-refractivity contribution >= 4 is 23.2 Å². The molecular weight excluding hydrogens is 309 g/mol. The van der Waals surface area contributed by atoms with Gasteiger partial charge in [0, 0.05) is 17.1 Å². The Hall–Kier alpha value is -0.480. The number of hydrogen-bond donors (Lipinski definition) is 2. The van der Waals surface area contributed by atoms with E-state index in [2.05, 4.69) is 12.2 Å². The number of halogens is 2. The topological polar surface area (TPSA) is 41.5 Å². The smallest absolute Gasteiger partial charge is 0.138 e. The number of benzene rings is 1. The van der Waals surface area contributed by atoms with Gasteiger partial charge in [-0.3, -0.25) is 0 Å². The highest BCUT2D eigenvalue weighted by atomic mass is 35.5. The van der Waals surface area contributed by atoms with E-state index in [0.717, 1.165) is 0 Å². The van der Waals surface area contributed by atoms with Gasteiger partial charge < -0.3 is 15.2 Å². The van der Waals surface area contributed by atoms with Crippen molar-refractivity contribution in [2.75, 3.05) is 13.2 Å². The van der Waals surface area contributed by atoms with E-state index in [1.807, 2.05) is 0 Å². The fourth-order valence-corrected chi connectivity index (χ4v) is 3.17. The highest BCUT2D eigenvalue weighted by molar-refractivity contribution is 6.35. The molecule has 1 unspecified atom stereocenters. The molecule has 0 amide bonds. The Morgan fingerprint density at radius 3 is 2.67 bits per heavy atom. The first-order valence-electron chi connectivity index (χ1n) is 7.49. The molecule has 0 aliphatic heterocycles. The van der Waals surface area contributed by atoms with Gasteiger partial charge in [-0.25, -0.2) is 0 Å². The zero-order valence-corrected chi connectivity index (χ0v) is 13.9. The first-order chi connectivity index (χ1) is 9.98. The monoisotopic (exact) mass is 331 g/mol. The minimum Gasteiger partial charge on any atom is -0.489 e. The first-order valence-corrected chi connectivity index (χ1v) is 8.25. The second kappa shape index (κ2) is 7.68. The molecule has 1 aliphatic carbocycles. The van der Waals surface area contributed by atoms with Gasteiger partial charge in [0.15, 0.2) is 0 Å². The lowest BCUT2D eigenvalue weighted by Gasteiger charge is -2.35. The largest absolute Gasteiger partial charge is 0.489 e. The molecule has 3 nitrogen and oxygen atoms in total. The van der Waals surface area contributed by atoms with Gasteiger partial charge in [0.1, 0.15) is 18.5 Å². The van der Waals surface area contributed by atoms with Crippen molar-refractivity contribution in [1.29, 1.82) is 0 Å². The highest BCUT2D eigenvalue weighted by Gasteiger charge is 2.26. The third-order valence-corrected chi connectivity index (χ3v) is 4.58. The number of nitrogens with one attached hydrogen (secondary N) is 1. The molecule has 1 aromatic rings. The number of hydrogen-bond acceptors (Lipinski definition) is 3. The molecule has 5 heteroatoms. The van der Waals surface area contributed by atoms with E-state index < -0.39 is 6.10 Å². The molecule has 0 bridgehead atoms. The first kappa shape index (κ1) is 16.9. The highest BCUT2D eigenvalue weighted by Crippen LogP contribution is 2.28. The van der Waals surface area contributed by atoms with E-state index >= 15 is 0 Å². The van der Waals surface area contributed by atoms with Crippen molar-refractivity contribution in [3.05, 3.63) is 28.2 Å². The van der Waals surface area contributed by atoms with Crippen LogP contribution in [-0.4, -0.2) is 29.9 Å². The summed E-state index contributed by atoms with van der Waals surface area (Å²) in [6.45, 7) is 2.97. The van der Waals surface area contributed by atoms with Crippen molar-refractivity contribution in [3.63, 3.8) is 0 Å². The molecule has 118 valence electrons. The average Bonchev–Trinajstić information content (AvgIpc) is 2.45. The summed E-state index contributed by atoms with van der Waals surface area (Å²) in [4.78, 5) is 0. The molecule has 1 aromatic carbocycles. The van der Waals surface area contributed by atoms with Gasteiger partial charge in [0.05, 0.1) is 5.02 Å². The summed E-state index contributed by atoms with van der Waals surface area (Å²) in [7, 11) is 0. The molecule has 21 heavy (non-hydrogen) atoms. The van der Waals surface area contributed by atoms with E-state index in [9.17, 15) is 5.11 Å². The van der Waals surface area contributed by atoms with E-state index in [1.165, 1.54) is 32.1 Å². The quantitative estimate of drug-likeness (QED) is 0.826. The molecular formula is C16H23Cl2NO2. The van der Waals surface area contributed by atoms with Crippen LogP contribution in [0.4, 0.5) is 0 Å². The van der Waals surface area contributed by atoms with Crippen LogP contribution < -0.4 is 10.1 Å². The standard InChI is InChI=1S/C16H23Cl2NO2/c1-16(7-3-2-4-8-16)19-10-13(20)11-21-15-6-5-12(17)9-14(15)18/h5-6,9,13,19-20H,2-4,7-8,10-11H2,1H3. The predicted octanol–water partition coefficient (Wildman–Crippen LogP) is 4.05. The normalized spacial score (nSPS) is 19.2. The zero-order valence-electron chi connectivity index (χ0n) is 12.4. The maximum absolute atomic E-state index is 10.0. The van der Waals surface area contributed by atoms with E-state index in [4.69, 9.17) is 27.9 Å². The molecule has 0 saturated heterocycles. The molecule has 1 fully saturated rings. The molecule has 0 radical (unpaired) electrons. The summed E-state index contributed by atoms with van der Waals surface area (Å²) in [6, 6.07) is 5.07. The summed E-state index contributed by atoms with van der Waals surface area (Å²) < 4.78 is 5.55. The Morgan fingerprint density at radius 2 is 2.00 bits per heavy atom. The van der Waals surface area contributed by atoms with Crippen molar-refractivity contribution in [1.82, 2.24) is 5.32 Å². The predicted molar refractivity (Wildman–Crippen MR) is 87.5 cm³/mol. The summed E-state index contributed by atoms with van der Waals surface area (Å²) >= 11 is 11.9. The number of aliphatic hydroxyl groups is 1. The molecule has 0 aromatic heterocycles. The number of rotatable bonds is 6. The van der Waals surface area contributed by atoms with Crippen LogP contribution in [0.3, 0.4) is 0 Å². The van der Waals surface area contributed by atoms with Crippen molar-refractivity contribution in [2.45, 2.75) is 50.7 Å². The van der Waals surface area contributed by atoms with Gasteiger partial charge in [-0.05, 0) is 38.0 Å². The lowest BCUT2D eigenvalue weighted by molar-refractivity contribution is 0.0931.